The first-order chi connectivity index (χ1) is 11.6. The Bertz CT molecular complexity index is 703. The van der Waals surface area contributed by atoms with Gasteiger partial charge in [-0.25, -0.2) is 9.07 Å². The fraction of sp³-hybridized carbons (Fsp3) is 0.400. The van der Waals surface area contributed by atoms with Gasteiger partial charge in [-0.2, -0.15) is 0 Å². The molecule has 1 aliphatic heterocycles. The van der Waals surface area contributed by atoms with Crippen molar-refractivity contribution in [3.8, 4) is 0 Å². The average molecular weight is 332 g/mol. The number of halogens is 1. The zero-order valence-corrected chi connectivity index (χ0v) is 12.9. The summed E-state index contributed by atoms with van der Waals surface area (Å²) in [7, 11) is 0. The minimum atomic E-state index is -0.349. The molecular weight excluding hydrogens is 315 g/mol. The largest absolute Gasteiger partial charge is 0.351 e. The second-order valence-corrected chi connectivity index (χ2v) is 5.63. The van der Waals surface area contributed by atoms with E-state index in [0.29, 0.717) is 31.6 Å². The lowest BCUT2D eigenvalue weighted by Crippen LogP contribution is -2.37. The van der Waals surface area contributed by atoms with E-state index in [9.17, 15) is 14.0 Å². The van der Waals surface area contributed by atoms with E-state index in [0.717, 1.165) is 0 Å². The van der Waals surface area contributed by atoms with Crippen molar-refractivity contribution in [3.05, 3.63) is 36.4 Å². The smallest absolute Gasteiger partial charge is 0.229 e. The number of benzene rings is 1. The van der Waals surface area contributed by atoms with E-state index in [1.807, 2.05) is 0 Å². The highest BCUT2D eigenvalue weighted by Gasteiger charge is 2.31. The van der Waals surface area contributed by atoms with E-state index in [4.69, 9.17) is 0 Å². The summed E-state index contributed by atoms with van der Waals surface area (Å²) < 4.78 is 14.5. The number of anilines is 1. The Labute approximate surface area is 137 Å². The molecule has 126 valence electrons. The minimum Gasteiger partial charge on any atom is -0.351 e. The van der Waals surface area contributed by atoms with Gasteiger partial charge in [-0.15, -0.1) is 5.10 Å². The Kier molecular flexibility index (Phi) is 4.78. The number of nitrogens with one attached hydrogen (secondary N) is 1. The van der Waals surface area contributed by atoms with Crippen molar-refractivity contribution >= 4 is 17.5 Å². The molecule has 0 aliphatic carbocycles. The SMILES string of the molecule is O=C(CCCn1cnnn1)N[C@H]1CC(=O)N(c2ccc(F)cc2)C1. The molecule has 3 rings (SSSR count). The van der Waals surface area contributed by atoms with Gasteiger partial charge in [-0.1, -0.05) is 0 Å². The second kappa shape index (κ2) is 7.16. The van der Waals surface area contributed by atoms with Crippen molar-refractivity contribution in [1.82, 2.24) is 25.5 Å². The molecule has 1 fully saturated rings. The number of rotatable bonds is 6. The van der Waals surface area contributed by atoms with Gasteiger partial charge >= 0.3 is 0 Å². The highest BCUT2D eigenvalue weighted by molar-refractivity contribution is 5.96. The van der Waals surface area contributed by atoms with Crippen molar-refractivity contribution in [3.63, 3.8) is 0 Å². The van der Waals surface area contributed by atoms with Crippen molar-refractivity contribution in [1.29, 1.82) is 0 Å². The van der Waals surface area contributed by atoms with E-state index in [1.54, 1.807) is 21.7 Å². The molecule has 9 heteroatoms. The second-order valence-electron chi connectivity index (χ2n) is 5.63. The van der Waals surface area contributed by atoms with E-state index in [-0.39, 0.29) is 30.1 Å². The topological polar surface area (TPSA) is 93.0 Å². The maximum atomic E-state index is 13.0. The number of amides is 2. The van der Waals surface area contributed by atoms with E-state index in [1.165, 1.54) is 18.5 Å². The molecule has 2 amide bonds. The quantitative estimate of drug-likeness (QED) is 0.832. The molecule has 0 radical (unpaired) electrons. The fourth-order valence-corrected chi connectivity index (χ4v) is 2.66. The number of nitrogens with zero attached hydrogens (tertiary/aromatic N) is 5. The van der Waals surface area contributed by atoms with Crippen LogP contribution in [0.5, 0.6) is 0 Å². The number of tetrazole rings is 1. The van der Waals surface area contributed by atoms with Gasteiger partial charge in [-0.05, 0) is 41.1 Å². The molecule has 2 aromatic rings. The van der Waals surface area contributed by atoms with Gasteiger partial charge in [0.25, 0.3) is 0 Å². The summed E-state index contributed by atoms with van der Waals surface area (Å²) in [5.74, 6) is -0.541. The lowest BCUT2D eigenvalue weighted by molar-refractivity contribution is -0.121. The first-order valence-electron chi connectivity index (χ1n) is 7.68. The standard InChI is InChI=1S/C15H17FN6O2/c16-11-3-5-13(6-4-11)22-9-12(8-15(22)24)18-14(23)2-1-7-21-10-17-19-20-21/h3-6,10,12H,1-2,7-9H2,(H,18,23)/t12-/m0/s1. The molecule has 8 nitrogen and oxygen atoms in total. The lowest BCUT2D eigenvalue weighted by atomic mass is 10.2. The molecule has 0 bridgehead atoms. The number of carbonyl (C=O) groups is 2. The Morgan fingerprint density at radius 1 is 1.33 bits per heavy atom. The number of hydrogen-bond acceptors (Lipinski definition) is 5. The Morgan fingerprint density at radius 2 is 2.12 bits per heavy atom. The van der Waals surface area contributed by atoms with Crippen LogP contribution in [-0.2, 0) is 16.1 Å². The molecule has 1 aliphatic rings. The van der Waals surface area contributed by atoms with E-state index < -0.39 is 0 Å². The van der Waals surface area contributed by atoms with Gasteiger partial charge < -0.3 is 10.2 Å². The van der Waals surface area contributed by atoms with Gasteiger partial charge in [0.2, 0.25) is 11.8 Å². The van der Waals surface area contributed by atoms with Crippen LogP contribution in [0.15, 0.2) is 30.6 Å². The van der Waals surface area contributed by atoms with Gasteiger partial charge in [0, 0.05) is 31.6 Å². The third kappa shape index (κ3) is 3.92. The van der Waals surface area contributed by atoms with Crippen LogP contribution in [0.4, 0.5) is 10.1 Å². The van der Waals surface area contributed by atoms with Crippen LogP contribution >= 0.6 is 0 Å². The zero-order valence-electron chi connectivity index (χ0n) is 12.9. The molecule has 1 N–H and O–H groups in total. The highest BCUT2D eigenvalue weighted by Crippen LogP contribution is 2.21. The predicted molar refractivity (Wildman–Crippen MR) is 82.4 cm³/mol. The molecule has 1 aromatic heterocycles. The molecule has 1 saturated heterocycles. The van der Waals surface area contributed by atoms with Gasteiger partial charge in [0.15, 0.2) is 0 Å². The number of aryl methyl sites for hydroxylation is 1. The first kappa shape index (κ1) is 16.0. The molecule has 0 unspecified atom stereocenters. The summed E-state index contributed by atoms with van der Waals surface area (Å²) in [6.45, 7) is 0.953. The van der Waals surface area contributed by atoms with Crippen molar-refractivity contribution < 1.29 is 14.0 Å². The average Bonchev–Trinajstić information content (AvgIpc) is 3.18. The summed E-state index contributed by atoms with van der Waals surface area (Å²) in [5, 5.41) is 13.6. The van der Waals surface area contributed by atoms with Gasteiger partial charge in [0.05, 0.1) is 6.04 Å². The third-order valence-corrected chi connectivity index (χ3v) is 3.81. The Balaban J connectivity index is 1.47. The van der Waals surface area contributed by atoms with Crippen molar-refractivity contribution in [2.45, 2.75) is 31.8 Å². The summed E-state index contributed by atoms with van der Waals surface area (Å²) in [6.07, 6.45) is 2.69. The van der Waals surface area contributed by atoms with Gasteiger partial charge in [0.1, 0.15) is 12.1 Å². The van der Waals surface area contributed by atoms with Crippen LogP contribution in [0.1, 0.15) is 19.3 Å². The fourth-order valence-electron chi connectivity index (χ4n) is 2.66. The van der Waals surface area contributed by atoms with Crippen LogP contribution in [0.3, 0.4) is 0 Å². The highest BCUT2D eigenvalue weighted by atomic mass is 19.1. The maximum Gasteiger partial charge on any atom is 0.229 e. The van der Waals surface area contributed by atoms with E-state index in [2.05, 4.69) is 20.8 Å². The van der Waals surface area contributed by atoms with Crippen LogP contribution in [0.25, 0.3) is 0 Å². The van der Waals surface area contributed by atoms with Crippen LogP contribution < -0.4 is 10.2 Å². The lowest BCUT2D eigenvalue weighted by Gasteiger charge is -2.17. The van der Waals surface area contributed by atoms with Crippen molar-refractivity contribution in [2.75, 3.05) is 11.4 Å². The number of aromatic nitrogens is 4. The summed E-state index contributed by atoms with van der Waals surface area (Å²) in [4.78, 5) is 25.6. The minimum absolute atomic E-state index is 0.0828. The molecule has 1 atom stereocenters. The zero-order chi connectivity index (χ0) is 16.9. The molecule has 1 aromatic carbocycles. The van der Waals surface area contributed by atoms with E-state index >= 15 is 0 Å². The van der Waals surface area contributed by atoms with Crippen molar-refractivity contribution in [2.24, 2.45) is 0 Å². The Hall–Kier alpha value is -2.84. The molecular formula is C15H17FN6O2. The Morgan fingerprint density at radius 3 is 2.83 bits per heavy atom. The number of hydrogen-bond donors (Lipinski definition) is 1. The predicted octanol–water partition coefficient (Wildman–Crippen LogP) is 0.514. The molecule has 0 spiro atoms. The monoisotopic (exact) mass is 332 g/mol. The molecule has 2 heterocycles. The van der Waals surface area contributed by atoms with Crippen LogP contribution in [0.2, 0.25) is 0 Å². The third-order valence-electron chi connectivity index (χ3n) is 3.81. The summed E-state index contributed by atoms with van der Waals surface area (Å²) in [6, 6.07) is 5.51. The van der Waals surface area contributed by atoms with Crippen LogP contribution in [0, 0.1) is 5.82 Å². The molecule has 24 heavy (non-hydrogen) atoms. The molecule has 0 saturated carbocycles. The first-order valence-corrected chi connectivity index (χ1v) is 7.68. The van der Waals surface area contributed by atoms with Crippen LogP contribution in [-0.4, -0.2) is 44.6 Å². The number of carbonyl (C=O) groups excluding carboxylic acids is 2. The van der Waals surface area contributed by atoms with Gasteiger partial charge in [-0.3, -0.25) is 9.59 Å². The maximum absolute atomic E-state index is 13.0. The summed E-state index contributed by atoms with van der Waals surface area (Å²) >= 11 is 0. The summed E-state index contributed by atoms with van der Waals surface area (Å²) in [5.41, 5.74) is 0.636. The normalized spacial score (nSPS) is 17.3.